The molecule has 1 rings (SSSR count). The fraction of sp³-hybridized carbons (Fsp3) is 0.600. The van der Waals surface area contributed by atoms with Crippen molar-refractivity contribution in [2.24, 2.45) is 0 Å². The van der Waals surface area contributed by atoms with E-state index in [1.807, 2.05) is 13.8 Å². The van der Waals surface area contributed by atoms with Gasteiger partial charge in [-0.25, -0.2) is 4.68 Å². The molecule has 1 aromatic heterocycles. The second-order valence-electron chi connectivity index (χ2n) is 3.67. The minimum Gasteiger partial charge on any atom is -0.480 e. The van der Waals surface area contributed by atoms with Crippen molar-refractivity contribution in [2.45, 2.75) is 26.5 Å². The molecule has 1 amide bonds. The van der Waals surface area contributed by atoms with E-state index in [0.717, 1.165) is 4.68 Å². The Labute approximate surface area is 104 Å². The lowest BCUT2D eigenvalue weighted by Gasteiger charge is -2.11. The molecule has 0 saturated heterocycles. The number of carbonyl (C=O) groups excluding carboxylic acids is 1. The zero-order valence-corrected chi connectivity index (χ0v) is 10.3. The van der Waals surface area contributed by atoms with E-state index < -0.39 is 11.9 Å². The number of carboxylic acids is 1. The summed E-state index contributed by atoms with van der Waals surface area (Å²) in [5.74, 6) is -1.45. The number of ether oxygens (including phenoxy) is 1. The Balaban J connectivity index is 2.46. The highest BCUT2D eigenvalue weighted by molar-refractivity contribution is 5.91. The molecule has 2 N–H and O–H groups in total. The SMILES string of the molecule is CCOC(C)CNC(=O)c1cn(CC(=O)O)nn1. The minimum atomic E-state index is -1.04. The van der Waals surface area contributed by atoms with Crippen molar-refractivity contribution >= 4 is 11.9 Å². The second-order valence-corrected chi connectivity index (χ2v) is 3.67. The first-order chi connectivity index (χ1) is 8.52. The molecule has 18 heavy (non-hydrogen) atoms. The van der Waals surface area contributed by atoms with E-state index in [0.29, 0.717) is 13.2 Å². The third kappa shape index (κ3) is 4.50. The van der Waals surface area contributed by atoms with Gasteiger partial charge in [0.25, 0.3) is 5.91 Å². The Kier molecular flexibility index (Phi) is 5.25. The third-order valence-electron chi connectivity index (χ3n) is 2.07. The number of carbonyl (C=O) groups is 2. The fourth-order valence-electron chi connectivity index (χ4n) is 1.29. The number of nitrogens with one attached hydrogen (secondary N) is 1. The predicted octanol–water partition coefficient (Wildman–Crippen LogP) is -0.482. The lowest BCUT2D eigenvalue weighted by atomic mass is 10.3. The number of aromatic nitrogens is 3. The van der Waals surface area contributed by atoms with Crippen LogP contribution in [0.3, 0.4) is 0 Å². The Morgan fingerprint density at radius 3 is 2.94 bits per heavy atom. The van der Waals surface area contributed by atoms with Gasteiger partial charge in [0.15, 0.2) is 5.69 Å². The van der Waals surface area contributed by atoms with E-state index in [1.54, 1.807) is 0 Å². The third-order valence-corrected chi connectivity index (χ3v) is 2.07. The van der Waals surface area contributed by atoms with Gasteiger partial charge in [0.1, 0.15) is 6.54 Å². The standard InChI is InChI=1S/C10H16N4O4/c1-3-18-7(2)4-11-10(17)8-5-14(13-12-8)6-9(15)16/h5,7H,3-4,6H2,1-2H3,(H,11,17)(H,15,16). The molecule has 1 unspecified atom stereocenters. The highest BCUT2D eigenvalue weighted by Crippen LogP contribution is 1.94. The molecule has 0 aromatic carbocycles. The van der Waals surface area contributed by atoms with Crippen molar-refractivity contribution in [1.29, 1.82) is 0 Å². The minimum absolute atomic E-state index is 0.0833. The van der Waals surface area contributed by atoms with E-state index in [-0.39, 0.29) is 18.3 Å². The van der Waals surface area contributed by atoms with Crippen LogP contribution in [0.5, 0.6) is 0 Å². The van der Waals surface area contributed by atoms with Crippen LogP contribution in [0.2, 0.25) is 0 Å². The summed E-state index contributed by atoms with van der Waals surface area (Å²) in [6.07, 6.45) is 1.20. The van der Waals surface area contributed by atoms with Crippen molar-refractivity contribution in [3.63, 3.8) is 0 Å². The highest BCUT2D eigenvalue weighted by atomic mass is 16.5. The summed E-state index contributed by atoms with van der Waals surface area (Å²) < 4.78 is 6.34. The maximum atomic E-state index is 11.6. The normalized spacial score (nSPS) is 12.1. The van der Waals surface area contributed by atoms with Crippen LogP contribution >= 0.6 is 0 Å². The van der Waals surface area contributed by atoms with E-state index >= 15 is 0 Å². The first-order valence-electron chi connectivity index (χ1n) is 5.54. The van der Waals surface area contributed by atoms with Crippen molar-refractivity contribution in [3.05, 3.63) is 11.9 Å². The number of aliphatic carboxylic acids is 1. The molecule has 0 saturated carbocycles. The summed E-state index contributed by atoms with van der Waals surface area (Å²) in [6, 6.07) is 0. The molecular formula is C10H16N4O4. The number of amides is 1. The van der Waals surface area contributed by atoms with Crippen LogP contribution in [0.25, 0.3) is 0 Å². The number of carboxylic acid groups (broad SMARTS) is 1. The van der Waals surface area contributed by atoms with Crippen molar-refractivity contribution in [1.82, 2.24) is 20.3 Å². The zero-order valence-electron chi connectivity index (χ0n) is 10.3. The Bertz CT molecular complexity index is 418. The summed E-state index contributed by atoms with van der Waals surface area (Å²) in [7, 11) is 0. The summed E-state index contributed by atoms with van der Waals surface area (Å²) in [4.78, 5) is 22.1. The molecule has 100 valence electrons. The zero-order chi connectivity index (χ0) is 13.5. The van der Waals surface area contributed by atoms with Gasteiger partial charge in [0, 0.05) is 13.2 Å². The van der Waals surface area contributed by atoms with Crippen LogP contribution in [0, 0.1) is 0 Å². The van der Waals surface area contributed by atoms with Crippen molar-refractivity contribution in [2.75, 3.05) is 13.2 Å². The van der Waals surface area contributed by atoms with E-state index in [1.165, 1.54) is 6.20 Å². The Hall–Kier alpha value is -1.96. The van der Waals surface area contributed by atoms with Gasteiger partial charge in [-0.2, -0.15) is 0 Å². The molecule has 0 aliphatic heterocycles. The second kappa shape index (κ2) is 6.70. The number of hydrogen-bond donors (Lipinski definition) is 2. The lowest BCUT2D eigenvalue weighted by molar-refractivity contribution is -0.137. The Morgan fingerprint density at radius 1 is 1.61 bits per heavy atom. The van der Waals surface area contributed by atoms with Gasteiger partial charge < -0.3 is 15.2 Å². The molecule has 0 radical (unpaired) electrons. The number of nitrogens with zero attached hydrogens (tertiary/aromatic N) is 3. The molecule has 1 atom stereocenters. The van der Waals surface area contributed by atoms with Gasteiger partial charge in [-0.15, -0.1) is 5.10 Å². The largest absolute Gasteiger partial charge is 0.480 e. The van der Waals surface area contributed by atoms with Crippen molar-refractivity contribution in [3.8, 4) is 0 Å². The maximum Gasteiger partial charge on any atom is 0.325 e. The molecule has 0 aliphatic rings. The van der Waals surface area contributed by atoms with Crippen LogP contribution in [0.4, 0.5) is 0 Å². The fourth-order valence-corrected chi connectivity index (χ4v) is 1.29. The number of rotatable bonds is 7. The van der Waals surface area contributed by atoms with Crippen LogP contribution in [0.15, 0.2) is 6.20 Å². The Morgan fingerprint density at radius 2 is 2.33 bits per heavy atom. The molecule has 0 fully saturated rings. The molecule has 0 bridgehead atoms. The first kappa shape index (κ1) is 14.1. The molecule has 0 spiro atoms. The van der Waals surface area contributed by atoms with E-state index in [4.69, 9.17) is 9.84 Å². The van der Waals surface area contributed by atoms with Crippen LogP contribution in [-0.4, -0.2) is 51.2 Å². The van der Waals surface area contributed by atoms with Gasteiger partial charge in [0.05, 0.1) is 12.3 Å². The molecule has 1 heterocycles. The summed E-state index contributed by atoms with van der Waals surface area (Å²) in [5.41, 5.74) is 0.0833. The van der Waals surface area contributed by atoms with E-state index in [9.17, 15) is 9.59 Å². The average Bonchev–Trinajstić information content (AvgIpc) is 2.74. The van der Waals surface area contributed by atoms with Gasteiger partial charge in [-0.1, -0.05) is 5.21 Å². The molecule has 8 heteroatoms. The quantitative estimate of drug-likeness (QED) is 0.682. The van der Waals surface area contributed by atoms with Crippen molar-refractivity contribution < 1.29 is 19.4 Å². The average molecular weight is 256 g/mol. The van der Waals surface area contributed by atoms with Gasteiger partial charge >= 0.3 is 5.97 Å². The summed E-state index contributed by atoms with van der Waals surface area (Å²) >= 11 is 0. The molecule has 1 aromatic rings. The first-order valence-corrected chi connectivity index (χ1v) is 5.54. The predicted molar refractivity (Wildman–Crippen MR) is 61.1 cm³/mol. The van der Waals surface area contributed by atoms with E-state index in [2.05, 4.69) is 15.6 Å². The van der Waals surface area contributed by atoms with Gasteiger partial charge in [-0.3, -0.25) is 9.59 Å². The van der Waals surface area contributed by atoms with Gasteiger partial charge in [0.2, 0.25) is 0 Å². The molecular weight excluding hydrogens is 240 g/mol. The molecule has 8 nitrogen and oxygen atoms in total. The van der Waals surface area contributed by atoms with Crippen LogP contribution in [-0.2, 0) is 16.1 Å². The lowest BCUT2D eigenvalue weighted by Crippen LogP contribution is -2.32. The summed E-state index contributed by atoms with van der Waals surface area (Å²) in [6.45, 7) is 4.32. The topological polar surface area (TPSA) is 106 Å². The van der Waals surface area contributed by atoms with Gasteiger partial charge in [-0.05, 0) is 13.8 Å². The smallest absolute Gasteiger partial charge is 0.325 e. The maximum absolute atomic E-state index is 11.6. The monoisotopic (exact) mass is 256 g/mol. The van der Waals surface area contributed by atoms with Crippen LogP contribution < -0.4 is 5.32 Å². The highest BCUT2D eigenvalue weighted by Gasteiger charge is 2.12. The summed E-state index contributed by atoms with van der Waals surface area (Å²) in [5, 5.41) is 18.3. The van der Waals surface area contributed by atoms with Crippen LogP contribution in [0.1, 0.15) is 24.3 Å². The number of hydrogen-bond acceptors (Lipinski definition) is 5. The molecule has 0 aliphatic carbocycles.